The van der Waals surface area contributed by atoms with E-state index < -0.39 is 15.9 Å². The van der Waals surface area contributed by atoms with Gasteiger partial charge in [0.15, 0.2) is 5.82 Å². The van der Waals surface area contributed by atoms with Gasteiger partial charge in [-0.15, -0.1) is 0 Å². The van der Waals surface area contributed by atoms with Crippen LogP contribution in [0.4, 0.5) is 5.82 Å². The summed E-state index contributed by atoms with van der Waals surface area (Å²) < 4.78 is 24.1. The van der Waals surface area contributed by atoms with Gasteiger partial charge >= 0.3 is 0 Å². The Balaban J connectivity index is 2.27. The lowest BCUT2D eigenvalue weighted by molar-refractivity contribution is 0.0981. The van der Waals surface area contributed by atoms with Crippen LogP contribution in [0.25, 0.3) is 11.1 Å². The Labute approximate surface area is 151 Å². The summed E-state index contributed by atoms with van der Waals surface area (Å²) in [5.41, 5.74) is 2.45. The molecule has 1 N–H and O–H groups in total. The van der Waals surface area contributed by atoms with E-state index in [0.717, 1.165) is 17.4 Å². The van der Waals surface area contributed by atoms with E-state index in [0.29, 0.717) is 16.6 Å². The van der Waals surface area contributed by atoms with Gasteiger partial charge in [0.25, 0.3) is 5.91 Å². The quantitative estimate of drug-likeness (QED) is 0.809. The summed E-state index contributed by atoms with van der Waals surface area (Å²) in [5, 5.41) is 0.387. The van der Waals surface area contributed by atoms with Crippen LogP contribution in [-0.2, 0) is 10.0 Å². The fourth-order valence-corrected chi connectivity index (χ4v) is 2.59. The number of halogens is 1. The topological polar surface area (TPSA) is 88.5 Å². The minimum absolute atomic E-state index is 0.232. The zero-order valence-electron chi connectivity index (χ0n) is 13.7. The predicted octanol–water partition coefficient (Wildman–Crippen LogP) is 3.37. The van der Waals surface area contributed by atoms with Crippen LogP contribution in [0.2, 0.25) is 5.02 Å². The van der Waals surface area contributed by atoms with Gasteiger partial charge in [-0.25, -0.2) is 23.1 Å². The molecule has 6 nitrogen and oxygen atoms in total. The largest absolute Gasteiger partial charge is 0.268 e. The average molecular weight is 378 g/mol. The molecule has 0 radical (unpaired) electrons. The maximum atomic E-state index is 11.8. The summed E-state index contributed by atoms with van der Waals surface area (Å²) in [6.45, 7) is 5.42. The minimum Gasteiger partial charge on any atom is -0.268 e. The minimum atomic E-state index is -3.60. The highest BCUT2D eigenvalue weighted by Gasteiger charge is 2.11. The summed E-state index contributed by atoms with van der Waals surface area (Å²) in [6, 6.07) is 8.13. The Morgan fingerprint density at radius 3 is 2.44 bits per heavy atom. The molecule has 130 valence electrons. The van der Waals surface area contributed by atoms with Crippen molar-refractivity contribution in [2.75, 3.05) is 6.26 Å². The first kappa shape index (κ1) is 18.8. The van der Waals surface area contributed by atoms with Crippen LogP contribution in [0.1, 0.15) is 17.3 Å². The number of hydrogen-bond acceptors (Lipinski definition) is 5. The highest BCUT2D eigenvalue weighted by atomic mass is 35.5. The maximum Gasteiger partial charge on any atom is 0.264 e. The molecule has 0 aliphatic heterocycles. The molecule has 8 heteroatoms. The molecule has 1 amide bonds. The molecule has 25 heavy (non-hydrogen) atoms. The van der Waals surface area contributed by atoms with E-state index in [-0.39, 0.29) is 5.56 Å². The standard InChI is InChI=1S/C17H16ClN3O3S/c1-4-11(2)20-16-15(18)9-14(10-19-16)12-5-7-13(8-6-12)17(22)21-25(3,23)24/h4-10H,1H2,2-3H3,(H,21,22). The highest BCUT2D eigenvalue weighted by Crippen LogP contribution is 2.28. The fourth-order valence-electron chi connectivity index (χ4n) is 1.92. The number of carbonyl (C=O) groups excluding carboxylic acids is 1. The molecule has 0 bridgehead atoms. The molecule has 0 saturated heterocycles. The number of aliphatic imine (C=N–C) groups is 1. The smallest absolute Gasteiger partial charge is 0.264 e. The average Bonchev–Trinajstić information content (AvgIpc) is 2.55. The zero-order valence-corrected chi connectivity index (χ0v) is 15.2. The molecule has 0 unspecified atom stereocenters. The first-order valence-corrected chi connectivity index (χ1v) is 9.42. The highest BCUT2D eigenvalue weighted by molar-refractivity contribution is 7.89. The van der Waals surface area contributed by atoms with Crippen molar-refractivity contribution in [3.63, 3.8) is 0 Å². The fraction of sp³-hybridized carbons (Fsp3) is 0.118. The van der Waals surface area contributed by atoms with Crippen LogP contribution in [0.5, 0.6) is 0 Å². The number of amides is 1. The van der Waals surface area contributed by atoms with Crippen molar-refractivity contribution in [2.45, 2.75) is 6.92 Å². The Kier molecular flexibility index (Phi) is 5.71. The first-order chi connectivity index (χ1) is 11.7. The molecule has 1 heterocycles. The van der Waals surface area contributed by atoms with Crippen molar-refractivity contribution in [1.82, 2.24) is 9.71 Å². The van der Waals surface area contributed by atoms with Gasteiger partial charge in [-0.05, 0) is 36.8 Å². The van der Waals surface area contributed by atoms with E-state index in [1.807, 2.05) is 4.72 Å². The van der Waals surface area contributed by atoms with Crippen molar-refractivity contribution in [3.05, 3.63) is 59.8 Å². The van der Waals surface area contributed by atoms with Gasteiger partial charge < -0.3 is 0 Å². The van der Waals surface area contributed by atoms with E-state index in [1.54, 1.807) is 37.4 Å². The van der Waals surface area contributed by atoms with Crippen LogP contribution in [0, 0.1) is 0 Å². The van der Waals surface area contributed by atoms with Crippen molar-refractivity contribution in [2.24, 2.45) is 4.99 Å². The van der Waals surface area contributed by atoms with Gasteiger partial charge in [0.2, 0.25) is 10.0 Å². The van der Waals surface area contributed by atoms with Crippen molar-refractivity contribution in [1.29, 1.82) is 0 Å². The van der Waals surface area contributed by atoms with E-state index in [9.17, 15) is 13.2 Å². The summed E-state index contributed by atoms with van der Waals surface area (Å²) >= 11 is 6.20. The lowest BCUT2D eigenvalue weighted by Gasteiger charge is -2.06. The molecule has 0 aliphatic carbocycles. The molecule has 0 spiro atoms. The second kappa shape index (κ2) is 7.58. The summed E-state index contributed by atoms with van der Waals surface area (Å²) in [4.78, 5) is 20.2. The van der Waals surface area contributed by atoms with Crippen LogP contribution in [0.15, 0.2) is 54.2 Å². The molecule has 2 rings (SSSR count). The SMILES string of the molecule is C=CC(C)=Nc1ncc(-c2ccc(C(=O)NS(C)(=O)=O)cc2)cc1Cl. The van der Waals surface area contributed by atoms with E-state index in [1.165, 1.54) is 12.1 Å². The maximum absolute atomic E-state index is 11.8. The summed E-state index contributed by atoms with van der Waals surface area (Å²) in [5.74, 6) is -0.290. The Hall–Kier alpha value is -2.51. The second-order valence-electron chi connectivity index (χ2n) is 5.27. The predicted molar refractivity (Wildman–Crippen MR) is 100.0 cm³/mol. The van der Waals surface area contributed by atoms with Gasteiger partial charge in [0, 0.05) is 23.0 Å². The molecule has 1 aromatic carbocycles. The first-order valence-electron chi connectivity index (χ1n) is 7.15. The Morgan fingerprint density at radius 1 is 1.28 bits per heavy atom. The number of nitrogens with zero attached hydrogens (tertiary/aromatic N) is 2. The number of pyridine rings is 1. The van der Waals surface area contributed by atoms with E-state index in [4.69, 9.17) is 11.6 Å². The summed E-state index contributed by atoms with van der Waals surface area (Å²) in [6.07, 6.45) is 4.14. The Morgan fingerprint density at radius 2 is 1.92 bits per heavy atom. The molecule has 0 saturated carbocycles. The normalized spacial score (nSPS) is 11.9. The monoisotopic (exact) mass is 377 g/mol. The van der Waals surface area contributed by atoms with Gasteiger partial charge in [0.05, 0.1) is 11.3 Å². The van der Waals surface area contributed by atoms with Crippen molar-refractivity contribution in [3.8, 4) is 11.1 Å². The number of nitrogens with one attached hydrogen (secondary N) is 1. The number of aromatic nitrogens is 1. The van der Waals surface area contributed by atoms with Crippen LogP contribution in [0.3, 0.4) is 0 Å². The van der Waals surface area contributed by atoms with Gasteiger partial charge in [-0.1, -0.05) is 30.3 Å². The lowest BCUT2D eigenvalue weighted by atomic mass is 10.1. The van der Waals surface area contributed by atoms with Crippen LogP contribution in [-0.4, -0.2) is 31.3 Å². The van der Waals surface area contributed by atoms with Crippen LogP contribution < -0.4 is 4.72 Å². The van der Waals surface area contributed by atoms with Gasteiger partial charge in [-0.3, -0.25) is 4.79 Å². The van der Waals surface area contributed by atoms with Gasteiger partial charge in [0.1, 0.15) is 0 Å². The van der Waals surface area contributed by atoms with Crippen molar-refractivity contribution < 1.29 is 13.2 Å². The third-order valence-electron chi connectivity index (χ3n) is 3.16. The number of allylic oxidation sites excluding steroid dienone is 1. The number of hydrogen-bond donors (Lipinski definition) is 1. The second-order valence-corrected chi connectivity index (χ2v) is 7.42. The molecule has 0 aliphatic rings. The number of sulfonamides is 1. The third-order valence-corrected chi connectivity index (χ3v) is 3.99. The molecular weight excluding hydrogens is 362 g/mol. The third kappa shape index (κ3) is 5.23. The molecule has 0 atom stereocenters. The number of benzene rings is 1. The molecular formula is C17H16ClN3O3S. The van der Waals surface area contributed by atoms with Gasteiger partial charge in [-0.2, -0.15) is 0 Å². The van der Waals surface area contributed by atoms with E-state index in [2.05, 4.69) is 16.6 Å². The van der Waals surface area contributed by atoms with Crippen molar-refractivity contribution >= 4 is 39.1 Å². The number of carbonyl (C=O) groups is 1. The molecule has 2 aromatic rings. The lowest BCUT2D eigenvalue weighted by Crippen LogP contribution is -2.29. The summed E-state index contributed by atoms with van der Waals surface area (Å²) in [7, 11) is -3.60. The van der Waals surface area contributed by atoms with Crippen LogP contribution >= 0.6 is 11.6 Å². The number of rotatable bonds is 5. The Bertz CT molecular complexity index is 952. The molecule has 1 aromatic heterocycles. The molecule has 0 fully saturated rings. The zero-order chi connectivity index (χ0) is 18.6. The van der Waals surface area contributed by atoms with E-state index >= 15 is 0 Å².